The van der Waals surface area contributed by atoms with Crippen LogP contribution < -0.4 is 11.5 Å². The Morgan fingerprint density at radius 2 is 0.953 bits per heavy atom. The van der Waals surface area contributed by atoms with Gasteiger partial charge in [-0.3, -0.25) is 0 Å². The van der Waals surface area contributed by atoms with E-state index < -0.39 is 0 Å². The molecule has 2 atom stereocenters. The van der Waals surface area contributed by atoms with E-state index in [1.54, 1.807) is 0 Å². The number of oxime groups is 2. The smallest absolute Gasteiger partial charge is 0.220 e. The molecular formula is C52H62N10O2. The van der Waals surface area contributed by atoms with E-state index in [0.717, 1.165) is 97.2 Å². The zero-order valence-corrected chi connectivity index (χ0v) is 38.2. The van der Waals surface area contributed by atoms with Gasteiger partial charge in [-0.1, -0.05) is 133 Å². The fourth-order valence-electron chi connectivity index (χ4n) is 8.89. The Bertz CT molecular complexity index is 2540. The van der Waals surface area contributed by atoms with Crippen molar-refractivity contribution in [3.05, 3.63) is 154 Å². The van der Waals surface area contributed by atoms with Crippen LogP contribution in [0.1, 0.15) is 83.6 Å². The normalized spacial score (nSPS) is 16.9. The topological polar surface area (TPSA) is 153 Å². The first-order chi connectivity index (χ1) is 31.1. The Labute approximate surface area is 378 Å². The Morgan fingerprint density at radius 3 is 1.38 bits per heavy atom. The molecule has 4 aromatic carbocycles. The van der Waals surface area contributed by atoms with Crippen LogP contribution in [0.3, 0.4) is 0 Å². The van der Waals surface area contributed by atoms with E-state index in [1.807, 2.05) is 40.1 Å². The summed E-state index contributed by atoms with van der Waals surface area (Å²) in [5.74, 6) is 1.08. The summed E-state index contributed by atoms with van der Waals surface area (Å²) < 4.78 is 0. The molecule has 0 radical (unpaired) electrons. The highest BCUT2D eigenvalue weighted by Crippen LogP contribution is 2.40. The number of hydrogen-bond donors (Lipinski definition) is 2. The maximum atomic E-state index is 6.02. The van der Waals surface area contributed by atoms with Crippen molar-refractivity contribution < 1.29 is 9.68 Å². The largest absolute Gasteiger partial charge is 0.394 e. The lowest BCUT2D eigenvalue weighted by Crippen LogP contribution is -2.27. The molecule has 12 nitrogen and oxygen atoms in total. The Hall–Kier alpha value is -6.50. The van der Waals surface area contributed by atoms with E-state index in [2.05, 4.69) is 151 Å². The lowest BCUT2D eigenvalue weighted by molar-refractivity contribution is 0.113. The highest BCUT2D eigenvalue weighted by molar-refractivity contribution is 6.04. The van der Waals surface area contributed by atoms with Gasteiger partial charge >= 0.3 is 0 Å². The first kappa shape index (κ1) is 45.5. The van der Waals surface area contributed by atoms with E-state index in [0.29, 0.717) is 25.1 Å². The maximum Gasteiger partial charge on any atom is 0.220 e. The number of likely N-dealkylation sites (N-methyl/N-ethyl adjacent to an activating group) is 2. The third kappa shape index (κ3) is 11.2. The highest BCUT2D eigenvalue weighted by atomic mass is 16.6. The van der Waals surface area contributed by atoms with E-state index in [-0.39, 0.29) is 11.8 Å². The van der Waals surface area contributed by atoms with Gasteiger partial charge in [0.1, 0.15) is 13.2 Å². The number of nitrogens with zero attached hydrogens (tertiary/aromatic N) is 8. The second-order valence-electron chi connectivity index (χ2n) is 16.7. The van der Waals surface area contributed by atoms with Gasteiger partial charge in [-0.05, 0) is 99.1 Å². The third-order valence-corrected chi connectivity index (χ3v) is 12.0. The standard InChI is InChI=1S/C27H33N5O.C25H29N5O/c1-4-32(5-2)15-16-33-31-25-18-21(17-24-26(25)19(3)29-27(28)30-24)23-14-10-9-13-22(23)20-11-7-6-8-12-20;1-17-24-22(28-25(26)27-17)15-19(16-23(24)29-31-14-13-30(2)3)21-12-8-7-11-20(21)18-9-5-4-6-10-18/h6-14,21H,4-5,15-18H2,1-3H3,(H2,28,29,30);4-12,19H,13-16H2,1-3H3,(H2,26,27,28). The van der Waals surface area contributed by atoms with Crippen molar-refractivity contribution in [1.29, 1.82) is 0 Å². The van der Waals surface area contributed by atoms with Crippen LogP contribution in [0.2, 0.25) is 0 Å². The molecule has 0 spiro atoms. The van der Waals surface area contributed by atoms with Gasteiger partial charge in [0.05, 0.1) is 34.2 Å². The minimum Gasteiger partial charge on any atom is -0.394 e. The molecule has 2 aromatic heterocycles. The quantitative estimate of drug-likeness (QED) is 0.0803. The number of nitrogen functional groups attached to an aromatic ring is 2. The summed E-state index contributed by atoms with van der Waals surface area (Å²) in [6, 6.07) is 38.2. The molecule has 2 aliphatic rings. The van der Waals surface area contributed by atoms with Gasteiger partial charge < -0.3 is 30.9 Å². The number of rotatable bonds is 14. The summed E-state index contributed by atoms with van der Waals surface area (Å²) >= 11 is 0. The molecular weight excluding hydrogens is 797 g/mol. The third-order valence-electron chi connectivity index (χ3n) is 12.0. The zero-order chi connectivity index (χ0) is 45.0. The number of aromatic nitrogens is 4. The molecule has 0 saturated carbocycles. The molecule has 0 amide bonds. The van der Waals surface area contributed by atoms with Crippen LogP contribution in [0.4, 0.5) is 11.9 Å². The van der Waals surface area contributed by atoms with Crippen molar-refractivity contribution in [3.8, 4) is 22.3 Å². The van der Waals surface area contributed by atoms with Crippen LogP contribution in [0.25, 0.3) is 22.3 Å². The predicted octanol–water partition coefficient (Wildman–Crippen LogP) is 8.87. The molecule has 8 rings (SSSR count). The summed E-state index contributed by atoms with van der Waals surface area (Å²) in [7, 11) is 4.04. The predicted molar refractivity (Wildman–Crippen MR) is 260 cm³/mol. The number of hydrogen-bond acceptors (Lipinski definition) is 12. The van der Waals surface area contributed by atoms with Crippen LogP contribution in [-0.2, 0) is 22.5 Å². The molecule has 64 heavy (non-hydrogen) atoms. The van der Waals surface area contributed by atoms with Crippen LogP contribution in [0.15, 0.2) is 120 Å². The summed E-state index contributed by atoms with van der Waals surface area (Å²) in [5.41, 5.74) is 26.9. The number of fused-ring (bicyclic) bond motifs is 2. The molecule has 0 saturated heterocycles. The van der Waals surface area contributed by atoms with Crippen molar-refractivity contribution in [2.24, 2.45) is 10.3 Å². The van der Waals surface area contributed by atoms with Gasteiger partial charge in [-0.15, -0.1) is 0 Å². The minimum atomic E-state index is 0.229. The molecule has 4 N–H and O–H groups in total. The van der Waals surface area contributed by atoms with Gasteiger partial charge in [0.15, 0.2) is 0 Å². The van der Waals surface area contributed by atoms with Gasteiger partial charge in [-0.2, -0.15) is 0 Å². The number of nitrogens with two attached hydrogens (primary N) is 2. The second kappa shape index (κ2) is 21.7. The van der Waals surface area contributed by atoms with Gasteiger partial charge in [-0.25, -0.2) is 19.9 Å². The molecule has 12 heteroatoms. The number of anilines is 2. The van der Waals surface area contributed by atoms with Gasteiger partial charge in [0.2, 0.25) is 11.9 Å². The molecule has 0 aliphatic heterocycles. The van der Waals surface area contributed by atoms with Gasteiger partial charge in [0, 0.05) is 37.1 Å². The fraction of sp³-hybridized carbons (Fsp3) is 0.346. The summed E-state index contributed by atoms with van der Waals surface area (Å²) in [6.07, 6.45) is 3.14. The number of benzene rings is 4. The molecule has 2 aliphatic carbocycles. The Kier molecular flexibility index (Phi) is 15.5. The van der Waals surface area contributed by atoms with E-state index in [4.69, 9.17) is 21.1 Å². The first-order valence-electron chi connectivity index (χ1n) is 22.4. The maximum absolute atomic E-state index is 6.02. The van der Waals surface area contributed by atoms with Crippen LogP contribution in [0.5, 0.6) is 0 Å². The molecule has 2 unspecified atom stereocenters. The average Bonchev–Trinajstić information content (AvgIpc) is 3.30. The van der Waals surface area contributed by atoms with Crippen LogP contribution in [0, 0.1) is 13.8 Å². The monoisotopic (exact) mass is 859 g/mol. The minimum absolute atomic E-state index is 0.229. The SMILES string of the molecule is CCN(CC)CCON=C1CC(c2ccccc2-c2ccccc2)Cc2nc(N)nc(C)c21.Cc1nc(N)nc2c1C(=NOCCN(C)C)CC(c1ccccc1-c1ccccc1)C2. The number of aryl methyl sites for hydroxylation is 2. The molecule has 332 valence electrons. The van der Waals surface area contributed by atoms with Crippen molar-refractivity contribution in [1.82, 2.24) is 29.7 Å². The fourth-order valence-corrected chi connectivity index (χ4v) is 8.89. The average molecular weight is 859 g/mol. The van der Waals surface area contributed by atoms with Crippen molar-refractivity contribution in [3.63, 3.8) is 0 Å². The van der Waals surface area contributed by atoms with Crippen LogP contribution in [-0.4, -0.2) is 94.6 Å². The zero-order valence-electron chi connectivity index (χ0n) is 38.2. The Morgan fingerprint density at radius 1 is 0.547 bits per heavy atom. The molecule has 0 fully saturated rings. The molecule has 6 aromatic rings. The van der Waals surface area contributed by atoms with Crippen molar-refractivity contribution in [2.45, 2.75) is 65.2 Å². The van der Waals surface area contributed by atoms with E-state index in [9.17, 15) is 0 Å². The van der Waals surface area contributed by atoms with E-state index in [1.165, 1.54) is 33.4 Å². The molecule has 2 heterocycles. The van der Waals surface area contributed by atoms with E-state index >= 15 is 0 Å². The first-order valence-corrected chi connectivity index (χ1v) is 22.4. The summed E-state index contributed by atoms with van der Waals surface area (Å²) in [5, 5.41) is 9.14. The summed E-state index contributed by atoms with van der Waals surface area (Å²) in [4.78, 5) is 33.9. The highest BCUT2D eigenvalue weighted by Gasteiger charge is 2.32. The molecule has 0 bridgehead atoms. The van der Waals surface area contributed by atoms with Crippen molar-refractivity contribution in [2.75, 3.05) is 65.0 Å². The van der Waals surface area contributed by atoms with Crippen LogP contribution >= 0.6 is 0 Å². The van der Waals surface area contributed by atoms with Crippen molar-refractivity contribution >= 4 is 23.3 Å². The lowest BCUT2D eigenvalue weighted by Gasteiger charge is -2.28. The Balaban J connectivity index is 0.000000192. The second-order valence-corrected chi connectivity index (χ2v) is 16.7. The lowest BCUT2D eigenvalue weighted by atomic mass is 9.78. The van der Waals surface area contributed by atoms with Gasteiger partial charge in [0.25, 0.3) is 0 Å². The summed E-state index contributed by atoms with van der Waals surface area (Å²) in [6.45, 7) is 13.0.